The van der Waals surface area contributed by atoms with Crippen LogP contribution in [0.1, 0.15) is 32.4 Å². The maximum Gasteiger partial charge on any atom is 0.336 e. The SMILES string of the molecule is Cc1nc(CN(C)C(=O)c2ccccc2C(=O)O)n[nH]1. The molecule has 0 aliphatic heterocycles. The summed E-state index contributed by atoms with van der Waals surface area (Å²) in [6.45, 7) is 1.97. The van der Waals surface area contributed by atoms with E-state index in [2.05, 4.69) is 15.2 Å². The fourth-order valence-corrected chi connectivity index (χ4v) is 1.81. The number of benzene rings is 1. The van der Waals surface area contributed by atoms with Crippen molar-refractivity contribution in [2.75, 3.05) is 7.05 Å². The van der Waals surface area contributed by atoms with Crippen LogP contribution in [0.2, 0.25) is 0 Å². The zero-order chi connectivity index (χ0) is 14.7. The van der Waals surface area contributed by atoms with Crippen LogP contribution in [0.5, 0.6) is 0 Å². The normalized spacial score (nSPS) is 10.3. The highest BCUT2D eigenvalue weighted by molar-refractivity contribution is 6.04. The van der Waals surface area contributed by atoms with E-state index in [1.165, 1.54) is 17.0 Å². The van der Waals surface area contributed by atoms with E-state index >= 15 is 0 Å². The van der Waals surface area contributed by atoms with Crippen LogP contribution in [0.3, 0.4) is 0 Å². The fraction of sp³-hybridized carbons (Fsp3) is 0.231. The number of aryl methyl sites for hydroxylation is 1. The van der Waals surface area contributed by atoms with Crippen LogP contribution in [-0.4, -0.2) is 44.1 Å². The van der Waals surface area contributed by atoms with Crippen molar-refractivity contribution in [3.8, 4) is 0 Å². The average Bonchev–Trinajstić information content (AvgIpc) is 2.83. The van der Waals surface area contributed by atoms with Crippen molar-refractivity contribution in [2.24, 2.45) is 0 Å². The van der Waals surface area contributed by atoms with Gasteiger partial charge in [0.15, 0.2) is 5.82 Å². The maximum atomic E-state index is 12.3. The highest BCUT2D eigenvalue weighted by Crippen LogP contribution is 2.12. The van der Waals surface area contributed by atoms with Gasteiger partial charge in [-0.15, -0.1) is 0 Å². The minimum Gasteiger partial charge on any atom is -0.478 e. The monoisotopic (exact) mass is 274 g/mol. The zero-order valence-corrected chi connectivity index (χ0v) is 11.1. The Morgan fingerprint density at radius 3 is 2.50 bits per heavy atom. The van der Waals surface area contributed by atoms with Crippen LogP contribution in [0.25, 0.3) is 0 Å². The topological polar surface area (TPSA) is 99.2 Å². The molecule has 0 atom stereocenters. The van der Waals surface area contributed by atoms with Gasteiger partial charge in [0, 0.05) is 7.05 Å². The number of amides is 1. The van der Waals surface area contributed by atoms with E-state index < -0.39 is 5.97 Å². The van der Waals surface area contributed by atoms with Crippen LogP contribution in [0.4, 0.5) is 0 Å². The van der Waals surface area contributed by atoms with Gasteiger partial charge in [0.05, 0.1) is 17.7 Å². The first-order valence-electron chi connectivity index (χ1n) is 5.94. The van der Waals surface area contributed by atoms with Gasteiger partial charge in [-0.25, -0.2) is 9.78 Å². The number of hydrogen-bond donors (Lipinski definition) is 2. The molecule has 1 heterocycles. The van der Waals surface area contributed by atoms with Gasteiger partial charge in [-0.3, -0.25) is 9.89 Å². The Morgan fingerprint density at radius 1 is 1.30 bits per heavy atom. The molecule has 1 aromatic heterocycles. The minimum absolute atomic E-state index is 0.0180. The van der Waals surface area contributed by atoms with Gasteiger partial charge in [-0.1, -0.05) is 12.1 Å². The highest BCUT2D eigenvalue weighted by Gasteiger charge is 2.19. The van der Waals surface area contributed by atoms with Gasteiger partial charge in [0.1, 0.15) is 5.82 Å². The highest BCUT2D eigenvalue weighted by atomic mass is 16.4. The van der Waals surface area contributed by atoms with Crippen molar-refractivity contribution in [3.05, 3.63) is 47.0 Å². The number of carbonyl (C=O) groups excluding carboxylic acids is 1. The van der Waals surface area contributed by atoms with Crippen molar-refractivity contribution in [2.45, 2.75) is 13.5 Å². The molecule has 0 aliphatic carbocycles. The Balaban J connectivity index is 2.20. The van der Waals surface area contributed by atoms with Crippen LogP contribution >= 0.6 is 0 Å². The number of aromatic nitrogens is 3. The van der Waals surface area contributed by atoms with Gasteiger partial charge >= 0.3 is 5.97 Å². The predicted octanol–water partition coefficient (Wildman–Crippen LogP) is 1.08. The Labute approximate surface area is 115 Å². The van der Waals surface area contributed by atoms with Gasteiger partial charge in [-0.05, 0) is 19.1 Å². The Kier molecular flexibility index (Phi) is 3.79. The lowest BCUT2D eigenvalue weighted by Crippen LogP contribution is -2.28. The largest absolute Gasteiger partial charge is 0.478 e. The molecule has 0 fully saturated rings. The summed E-state index contributed by atoms with van der Waals surface area (Å²) in [6.07, 6.45) is 0. The van der Waals surface area contributed by atoms with Crippen LogP contribution in [0.15, 0.2) is 24.3 Å². The zero-order valence-electron chi connectivity index (χ0n) is 11.1. The number of H-pyrrole nitrogens is 1. The average molecular weight is 274 g/mol. The second kappa shape index (κ2) is 5.52. The maximum absolute atomic E-state index is 12.3. The summed E-state index contributed by atoms with van der Waals surface area (Å²) < 4.78 is 0. The summed E-state index contributed by atoms with van der Waals surface area (Å²) in [5.41, 5.74) is 0.130. The van der Waals surface area contributed by atoms with Crippen molar-refractivity contribution < 1.29 is 14.7 Å². The summed E-state index contributed by atoms with van der Waals surface area (Å²) in [5.74, 6) is -0.375. The lowest BCUT2D eigenvalue weighted by Gasteiger charge is -2.16. The first kappa shape index (κ1) is 13.7. The molecule has 1 amide bonds. The quantitative estimate of drug-likeness (QED) is 0.869. The summed E-state index contributed by atoms with van der Waals surface area (Å²) in [6, 6.07) is 6.11. The lowest BCUT2D eigenvalue weighted by atomic mass is 10.1. The third-order valence-electron chi connectivity index (χ3n) is 2.76. The van der Waals surface area contributed by atoms with Gasteiger partial charge < -0.3 is 10.0 Å². The molecule has 104 valence electrons. The molecule has 2 aromatic rings. The minimum atomic E-state index is -1.13. The Bertz CT molecular complexity index is 651. The van der Waals surface area contributed by atoms with E-state index in [0.717, 1.165) is 0 Å². The van der Waals surface area contributed by atoms with Crippen molar-refractivity contribution in [3.63, 3.8) is 0 Å². The number of aromatic amines is 1. The number of rotatable bonds is 4. The van der Waals surface area contributed by atoms with Gasteiger partial charge in [-0.2, -0.15) is 5.10 Å². The molecule has 0 aliphatic rings. The molecule has 1 aromatic carbocycles. The van der Waals surface area contributed by atoms with Crippen LogP contribution in [0, 0.1) is 6.92 Å². The first-order valence-corrected chi connectivity index (χ1v) is 5.94. The fourth-order valence-electron chi connectivity index (χ4n) is 1.81. The molecular formula is C13H14N4O3. The second-order valence-electron chi connectivity index (χ2n) is 4.35. The van der Waals surface area contributed by atoms with Crippen molar-refractivity contribution >= 4 is 11.9 Å². The smallest absolute Gasteiger partial charge is 0.336 e. The number of nitrogens with zero attached hydrogens (tertiary/aromatic N) is 3. The van der Waals surface area contributed by atoms with Gasteiger partial charge in [0.2, 0.25) is 0 Å². The predicted molar refractivity (Wildman–Crippen MR) is 70.3 cm³/mol. The molecule has 0 saturated heterocycles. The van der Waals surface area contributed by atoms with Gasteiger partial charge in [0.25, 0.3) is 5.91 Å². The summed E-state index contributed by atoms with van der Waals surface area (Å²) in [7, 11) is 1.58. The van der Waals surface area contributed by atoms with Crippen molar-refractivity contribution in [1.29, 1.82) is 0 Å². The van der Waals surface area contributed by atoms with Crippen molar-refractivity contribution in [1.82, 2.24) is 20.1 Å². The number of aromatic carboxylic acids is 1. The number of nitrogens with one attached hydrogen (secondary N) is 1. The second-order valence-corrected chi connectivity index (χ2v) is 4.35. The Morgan fingerprint density at radius 2 is 1.95 bits per heavy atom. The molecule has 7 heteroatoms. The van der Waals surface area contributed by atoms with E-state index in [9.17, 15) is 9.59 Å². The molecule has 0 bridgehead atoms. The van der Waals surface area contributed by atoms with Crippen LogP contribution < -0.4 is 0 Å². The molecule has 2 rings (SSSR count). The standard InChI is InChI=1S/C13H14N4O3/c1-8-14-11(16-15-8)7-17(2)12(18)9-5-3-4-6-10(9)13(19)20/h3-6H,7H2,1-2H3,(H,19,20)(H,14,15,16). The van der Waals surface area contributed by atoms with E-state index in [-0.39, 0.29) is 23.6 Å². The summed E-state index contributed by atoms with van der Waals surface area (Å²) in [4.78, 5) is 28.9. The molecule has 0 saturated carbocycles. The van der Waals surface area contributed by atoms with E-state index in [4.69, 9.17) is 5.11 Å². The molecule has 20 heavy (non-hydrogen) atoms. The van der Waals surface area contributed by atoms with E-state index in [1.54, 1.807) is 26.1 Å². The molecule has 0 radical (unpaired) electrons. The molecule has 2 N–H and O–H groups in total. The number of carboxylic acid groups (broad SMARTS) is 1. The third-order valence-corrected chi connectivity index (χ3v) is 2.76. The first-order chi connectivity index (χ1) is 9.49. The van der Waals surface area contributed by atoms with Crippen LogP contribution in [-0.2, 0) is 6.54 Å². The molecule has 0 spiro atoms. The van der Waals surface area contributed by atoms with E-state index in [0.29, 0.717) is 11.6 Å². The number of carbonyl (C=O) groups is 2. The van der Waals surface area contributed by atoms with E-state index in [1.807, 2.05) is 0 Å². The third kappa shape index (κ3) is 2.82. The molecule has 0 unspecified atom stereocenters. The lowest BCUT2D eigenvalue weighted by molar-refractivity contribution is 0.0680. The number of hydrogen-bond acceptors (Lipinski definition) is 4. The molecule has 7 nitrogen and oxygen atoms in total. The summed E-state index contributed by atoms with van der Waals surface area (Å²) >= 11 is 0. The molecular weight excluding hydrogens is 260 g/mol. The Hall–Kier alpha value is -2.70. The summed E-state index contributed by atoms with van der Waals surface area (Å²) in [5, 5.41) is 15.7. The number of carboxylic acids is 1.